The topological polar surface area (TPSA) is 68.0 Å². The first-order valence-electron chi connectivity index (χ1n) is 9.58. The quantitative estimate of drug-likeness (QED) is 0.520. The minimum Gasteiger partial charge on any atom is -0.398 e. The second-order valence-corrected chi connectivity index (χ2v) is 7.80. The minimum atomic E-state index is -0.621. The zero-order chi connectivity index (χ0) is 20.5. The standard InChI is InChI=1S/C22H20ClF2N3O/c23-16-10-18(26)14(9-17(16)25)20-11-21(15-8-13(24)6-7-19(15)27-20)28-22(29)12-4-2-1-3-5-12/h6-12H,1-5,26H2,(H,27,28,29). The van der Waals surface area contributed by atoms with Gasteiger partial charge >= 0.3 is 0 Å². The molecule has 1 amide bonds. The first-order valence-corrected chi connectivity index (χ1v) is 9.96. The number of benzene rings is 2. The van der Waals surface area contributed by atoms with E-state index < -0.39 is 11.6 Å². The molecule has 3 aromatic rings. The zero-order valence-corrected chi connectivity index (χ0v) is 16.4. The lowest BCUT2D eigenvalue weighted by atomic mass is 9.88. The third-order valence-corrected chi connectivity index (χ3v) is 5.66. The highest BCUT2D eigenvalue weighted by atomic mass is 35.5. The van der Waals surface area contributed by atoms with Crippen LogP contribution in [0.15, 0.2) is 36.4 Å². The van der Waals surface area contributed by atoms with E-state index in [1.165, 1.54) is 30.3 Å². The van der Waals surface area contributed by atoms with Crippen LogP contribution in [0.5, 0.6) is 0 Å². The molecule has 0 radical (unpaired) electrons. The monoisotopic (exact) mass is 415 g/mol. The van der Waals surface area contributed by atoms with E-state index in [0.717, 1.165) is 32.1 Å². The van der Waals surface area contributed by atoms with E-state index in [4.69, 9.17) is 17.3 Å². The molecule has 0 spiro atoms. The van der Waals surface area contributed by atoms with Crippen LogP contribution in [0.1, 0.15) is 32.1 Å². The number of aromatic nitrogens is 1. The van der Waals surface area contributed by atoms with E-state index in [2.05, 4.69) is 10.3 Å². The number of nitrogens with zero attached hydrogens (tertiary/aromatic N) is 1. The molecule has 0 unspecified atom stereocenters. The van der Waals surface area contributed by atoms with Crippen molar-refractivity contribution in [3.63, 3.8) is 0 Å². The van der Waals surface area contributed by atoms with Crippen molar-refractivity contribution in [3.05, 3.63) is 53.1 Å². The van der Waals surface area contributed by atoms with Gasteiger partial charge in [-0.1, -0.05) is 30.9 Å². The third kappa shape index (κ3) is 4.03. The fraction of sp³-hybridized carbons (Fsp3) is 0.273. The van der Waals surface area contributed by atoms with Crippen LogP contribution in [0.25, 0.3) is 22.2 Å². The van der Waals surface area contributed by atoms with Crippen LogP contribution in [-0.2, 0) is 4.79 Å². The normalized spacial score (nSPS) is 14.9. The molecule has 3 N–H and O–H groups in total. The second kappa shape index (κ2) is 7.95. The number of carbonyl (C=O) groups excluding carboxylic acids is 1. The predicted octanol–water partition coefficient (Wildman–Crippen LogP) is 5.93. The number of hydrogen-bond donors (Lipinski definition) is 2. The smallest absolute Gasteiger partial charge is 0.227 e. The first kappa shape index (κ1) is 19.6. The Hall–Kier alpha value is -2.73. The first-order chi connectivity index (χ1) is 13.9. The second-order valence-electron chi connectivity index (χ2n) is 7.39. The van der Waals surface area contributed by atoms with Gasteiger partial charge in [-0.25, -0.2) is 13.8 Å². The van der Waals surface area contributed by atoms with E-state index in [-0.39, 0.29) is 22.5 Å². The Kier molecular flexibility index (Phi) is 5.37. The van der Waals surface area contributed by atoms with Gasteiger partial charge in [-0.3, -0.25) is 4.79 Å². The highest BCUT2D eigenvalue weighted by molar-refractivity contribution is 6.31. The summed E-state index contributed by atoms with van der Waals surface area (Å²) in [4.78, 5) is 17.3. The van der Waals surface area contributed by atoms with Crippen molar-refractivity contribution in [3.8, 4) is 11.3 Å². The van der Waals surface area contributed by atoms with Gasteiger partial charge in [0.25, 0.3) is 0 Å². The van der Waals surface area contributed by atoms with Crippen molar-refractivity contribution in [1.29, 1.82) is 0 Å². The summed E-state index contributed by atoms with van der Waals surface area (Å²) in [6.45, 7) is 0. The highest BCUT2D eigenvalue weighted by Crippen LogP contribution is 2.35. The molecule has 7 heteroatoms. The minimum absolute atomic E-state index is 0.0676. The Bertz CT molecular complexity index is 1100. The Labute approximate surface area is 172 Å². The number of anilines is 2. The molecule has 0 saturated heterocycles. The maximum absolute atomic E-state index is 14.0. The van der Waals surface area contributed by atoms with Gasteiger partial charge in [0.15, 0.2) is 0 Å². The Morgan fingerprint density at radius 3 is 2.62 bits per heavy atom. The number of nitrogens with one attached hydrogen (secondary N) is 1. The molecule has 1 fully saturated rings. The highest BCUT2D eigenvalue weighted by Gasteiger charge is 2.22. The molecule has 150 valence electrons. The summed E-state index contributed by atoms with van der Waals surface area (Å²) in [5.74, 6) is -1.22. The van der Waals surface area contributed by atoms with E-state index in [0.29, 0.717) is 27.8 Å². The zero-order valence-electron chi connectivity index (χ0n) is 15.6. The van der Waals surface area contributed by atoms with Crippen LogP contribution >= 0.6 is 11.6 Å². The largest absolute Gasteiger partial charge is 0.398 e. The fourth-order valence-corrected chi connectivity index (χ4v) is 4.00. The van der Waals surface area contributed by atoms with E-state index in [1.54, 1.807) is 6.07 Å². The van der Waals surface area contributed by atoms with Crippen molar-refractivity contribution < 1.29 is 13.6 Å². The number of halogens is 3. The number of amides is 1. The van der Waals surface area contributed by atoms with Crippen molar-refractivity contribution in [2.75, 3.05) is 11.1 Å². The molecule has 0 bridgehead atoms. The Morgan fingerprint density at radius 1 is 1.10 bits per heavy atom. The van der Waals surface area contributed by atoms with Gasteiger partial charge in [-0.2, -0.15) is 0 Å². The fourth-order valence-electron chi connectivity index (χ4n) is 3.82. The molecule has 1 heterocycles. The van der Waals surface area contributed by atoms with E-state index >= 15 is 0 Å². The lowest BCUT2D eigenvalue weighted by molar-refractivity contribution is -0.120. The van der Waals surface area contributed by atoms with Crippen molar-refractivity contribution >= 4 is 39.8 Å². The molecule has 1 aromatic heterocycles. The summed E-state index contributed by atoms with van der Waals surface area (Å²) in [5.41, 5.74) is 7.90. The SMILES string of the molecule is Nc1cc(Cl)c(F)cc1-c1cc(NC(=O)C2CCCCC2)c2cc(F)ccc2n1. The van der Waals surface area contributed by atoms with E-state index in [9.17, 15) is 13.6 Å². The summed E-state index contributed by atoms with van der Waals surface area (Å²) in [7, 11) is 0. The summed E-state index contributed by atoms with van der Waals surface area (Å²) in [6.07, 6.45) is 4.86. The van der Waals surface area contributed by atoms with Crippen LogP contribution in [-0.4, -0.2) is 10.9 Å². The summed E-state index contributed by atoms with van der Waals surface area (Å²) >= 11 is 5.80. The maximum Gasteiger partial charge on any atom is 0.227 e. The van der Waals surface area contributed by atoms with Crippen molar-refractivity contribution in [2.45, 2.75) is 32.1 Å². The van der Waals surface area contributed by atoms with Gasteiger partial charge < -0.3 is 11.1 Å². The molecule has 1 aliphatic rings. The number of rotatable bonds is 3. The third-order valence-electron chi connectivity index (χ3n) is 5.37. The van der Waals surface area contributed by atoms with Gasteiger partial charge in [0.05, 0.1) is 21.9 Å². The molecule has 1 aliphatic carbocycles. The van der Waals surface area contributed by atoms with Crippen LogP contribution in [0.4, 0.5) is 20.2 Å². The molecule has 0 aliphatic heterocycles. The number of nitrogen functional groups attached to an aromatic ring is 1. The molecule has 1 saturated carbocycles. The number of fused-ring (bicyclic) bond motifs is 1. The molecule has 4 nitrogen and oxygen atoms in total. The van der Waals surface area contributed by atoms with Crippen LogP contribution in [0.2, 0.25) is 5.02 Å². The van der Waals surface area contributed by atoms with Gasteiger partial charge in [0, 0.05) is 22.6 Å². The average molecular weight is 416 g/mol. The maximum atomic E-state index is 14.0. The lowest BCUT2D eigenvalue weighted by Gasteiger charge is -2.21. The van der Waals surface area contributed by atoms with Gasteiger partial charge in [-0.05, 0) is 49.2 Å². The average Bonchev–Trinajstić information content (AvgIpc) is 2.71. The number of pyridine rings is 1. The molecule has 29 heavy (non-hydrogen) atoms. The van der Waals surface area contributed by atoms with Crippen LogP contribution in [0.3, 0.4) is 0 Å². The number of carbonyl (C=O) groups is 1. The molecule has 0 atom stereocenters. The predicted molar refractivity (Wildman–Crippen MR) is 112 cm³/mol. The summed E-state index contributed by atoms with van der Waals surface area (Å²) in [6, 6.07) is 8.27. The van der Waals surface area contributed by atoms with Gasteiger partial charge in [0.2, 0.25) is 5.91 Å². The Morgan fingerprint density at radius 2 is 1.86 bits per heavy atom. The number of hydrogen-bond acceptors (Lipinski definition) is 3. The molecular formula is C22H20ClF2N3O. The Balaban J connectivity index is 1.80. The summed E-state index contributed by atoms with van der Waals surface area (Å²) in [5, 5.41) is 3.33. The molecule has 2 aromatic carbocycles. The van der Waals surface area contributed by atoms with Crippen molar-refractivity contribution in [1.82, 2.24) is 4.98 Å². The van der Waals surface area contributed by atoms with Gasteiger partial charge in [0.1, 0.15) is 11.6 Å². The van der Waals surface area contributed by atoms with Crippen molar-refractivity contribution in [2.24, 2.45) is 5.92 Å². The molecular weight excluding hydrogens is 396 g/mol. The van der Waals surface area contributed by atoms with E-state index in [1.807, 2.05) is 0 Å². The lowest BCUT2D eigenvalue weighted by Crippen LogP contribution is -2.24. The van der Waals surface area contributed by atoms with Gasteiger partial charge in [-0.15, -0.1) is 0 Å². The summed E-state index contributed by atoms with van der Waals surface area (Å²) < 4.78 is 27.9. The van der Waals surface area contributed by atoms with Crippen LogP contribution in [0, 0.1) is 17.6 Å². The van der Waals surface area contributed by atoms with Crippen LogP contribution < -0.4 is 11.1 Å². The molecule has 4 rings (SSSR count). The number of nitrogens with two attached hydrogens (primary N) is 1.